The van der Waals surface area contributed by atoms with Crippen LogP contribution < -0.4 is 0 Å². The summed E-state index contributed by atoms with van der Waals surface area (Å²) in [6.07, 6.45) is 59.8. The Balaban J connectivity index is 5.20. The molecule has 0 spiro atoms. The molecule has 98 heavy (non-hydrogen) atoms. The van der Waals surface area contributed by atoms with E-state index in [2.05, 4.69) is 41.5 Å². The van der Waals surface area contributed by atoms with Crippen molar-refractivity contribution in [3.63, 3.8) is 0 Å². The molecule has 0 aliphatic carbocycles. The first kappa shape index (κ1) is 96.1. The zero-order valence-corrected chi connectivity index (χ0v) is 65.9. The molecule has 0 rings (SSSR count). The lowest BCUT2D eigenvalue weighted by molar-refractivity contribution is -0.161. The molecule has 17 nitrogen and oxygen atoms in total. The van der Waals surface area contributed by atoms with Crippen LogP contribution in [0.1, 0.15) is 414 Å². The van der Waals surface area contributed by atoms with E-state index in [9.17, 15) is 43.2 Å². The summed E-state index contributed by atoms with van der Waals surface area (Å²) in [5, 5.41) is 10.6. The summed E-state index contributed by atoms with van der Waals surface area (Å²) in [5.74, 6) is -0.557. The Hall–Kier alpha value is -1.94. The quantitative estimate of drug-likeness (QED) is 0.0222. The SMILES string of the molecule is CCCCCCCCCCCCCCCCCCCCCCC(=O)O[C@H](COC(=O)CCCCCCCCCCCCCCCC(C)C)COP(=O)(O)OC[C@@H](O)COP(=O)(O)OC[C@@H](COC(=O)CCCCCCCCCC)OC(=O)CCCCCCCCCCCCCC(C)C. The number of phosphoric ester groups is 2. The van der Waals surface area contributed by atoms with Gasteiger partial charge in [0.25, 0.3) is 0 Å². The molecule has 0 aromatic rings. The fourth-order valence-electron chi connectivity index (χ4n) is 12.2. The molecule has 0 saturated heterocycles. The molecule has 0 radical (unpaired) electrons. The van der Waals surface area contributed by atoms with Crippen molar-refractivity contribution in [1.82, 2.24) is 0 Å². The van der Waals surface area contributed by atoms with Gasteiger partial charge >= 0.3 is 39.5 Å². The van der Waals surface area contributed by atoms with Crippen molar-refractivity contribution in [3.05, 3.63) is 0 Å². The van der Waals surface area contributed by atoms with Gasteiger partial charge in [-0.3, -0.25) is 37.3 Å². The molecule has 0 aliphatic rings. The minimum absolute atomic E-state index is 0.106. The summed E-state index contributed by atoms with van der Waals surface area (Å²) in [7, 11) is -9.91. The van der Waals surface area contributed by atoms with E-state index in [1.54, 1.807) is 0 Å². The van der Waals surface area contributed by atoms with E-state index < -0.39 is 97.5 Å². The second-order valence-electron chi connectivity index (χ2n) is 29.4. The molecule has 0 aromatic carbocycles. The highest BCUT2D eigenvalue weighted by Gasteiger charge is 2.30. The highest BCUT2D eigenvalue weighted by atomic mass is 31.2. The van der Waals surface area contributed by atoms with Gasteiger partial charge in [-0.1, -0.05) is 363 Å². The molecule has 582 valence electrons. The first-order valence-electron chi connectivity index (χ1n) is 41.0. The predicted molar refractivity (Wildman–Crippen MR) is 400 cm³/mol. The predicted octanol–water partition coefficient (Wildman–Crippen LogP) is 23.5. The third-order valence-corrected chi connectivity index (χ3v) is 20.4. The minimum Gasteiger partial charge on any atom is -0.462 e. The Kier molecular flexibility index (Phi) is 69.3. The maximum Gasteiger partial charge on any atom is 0.472 e. The molecule has 0 amide bonds. The van der Waals surface area contributed by atoms with E-state index in [1.165, 1.54) is 225 Å². The second kappa shape index (κ2) is 70.7. The molecule has 0 fully saturated rings. The van der Waals surface area contributed by atoms with Gasteiger partial charge in [0.15, 0.2) is 12.2 Å². The molecule has 0 aliphatic heterocycles. The second-order valence-corrected chi connectivity index (χ2v) is 32.3. The van der Waals surface area contributed by atoms with E-state index in [0.29, 0.717) is 25.7 Å². The van der Waals surface area contributed by atoms with Gasteiger partial charge in [0.05, 0.1) is 26.4 Å². The van der Waals surface area contributed by atoms with Crippen molar-refractivity contribution in [2.24, 2.45) is 11.8 Å². The van der Waals surface area contributed by atoms with Crippen LogP contribution in [0.25, 0.3) is 0 Å². The van der Waals surface area contributed by atoms with Gasteiger partial charge in [-0.15, -0.1) is 0 Å². The smallest absolute Gasteiger partial charge is 0.462 e. The van der Waals surface area contributed by atoms with E-state index in [0.717, 1.165) is 108 Å². The number of rotatable bonds is 78. The van der Waals surface area contributed by atoms with Crippen molar-refractivity contribution < 1.29 is 80.2 Å². The number of esters is 4. The zero-order chi connectivity index (χ0) is 72.1. The number of carbonyl (C=O) groups excluding carboxylic acids is 4. The number of aliphatic hydroxyl groups excluding tert-OH is 1. The summed E-state index contributed by atoms with van der Waals surface area (Å²) in [6, 6.07) is 0. The number of aliphatic hydroxyl groups is 1. The highest BCUT2D eigenvalue weighted by Crippen LogP contribution is 2.45. The normalized spacial score (nSPS) is 13.9. The topological polar surface area (TPSA) is 237 Å². The first-order valence-corrected chi connectivity index (χ1v) is 44.0. The lowest BCUT2D eigenvalue weighted by Crippen LogP contribution is -2.30. The van der Waals surface area contributed by atoms with Crippen LogP contribution in [0.3, 0.4) is 0 Å². The molecular weight excluding hydrogens is 1280 g/mol. The van der Waals surface area contributed by atoms with Crippen LogP contribution in [0.5, 0.6) is 0 Å². The van der Waals surface area contributed by atoms with E-state index in [1.807, 2.05) is 0 Å². The van der Waals surface area contributed by atoms with Gasteiger partial charge < -0.3 is 33.8 Å². The highest BCUT2D eigenvalue weighted by molar-refractivity contribution is 7.47. The van der Waals surface area contributed by atoms with Crippen molar-refractivity contribution in [1.29, 1.82) is 0 Å². The van der Waals surface area contributed by atoms with E-state index in [-0.39, 0.29) is 25.7 Å². The van der Waals surface area contributed by atoms with E-state index >= 15 is 0 Å². The molecule has 5 atom stereocenters. The number of hydrogen-bond acceptors (Lipinski definition) is 15. The number of phosphoric acid groups is 2. The van der Waals surface area contributed by atoms with Crippen LogP contribution in [0.4, 0.5) is 0 Å². The van der Waals surface area contributed by atoms with Crippen LogP contribution in [-0.4, -0.2) is 96.7 Å². The van der Waals surface area contributed by atoms with Gasteiger partial charge in [-0.05, 0) is 37.5 Å². The van der Waals surface area contributed by atoms with E-state index in [4.69, 9.17) is 37.0 Å². The molecule has 0 heterocycles. The molecule has 0 aromatic heterocycles. The van der Waals surface area contributed by atoms with Gasteiger partial charge in [-0.2, -0.15) is 0 Å². The maximum atomic E-state index is 13.1. The van der Waals surface area contributed by atoms with Crippen LogP contribution in [0.15, 0.2) is 0 Å². The lowest BCUT2D eigenvalue weighted by atomic mass is 10.0. The van der Waals surface area contributed by atoms with Crippen molar-refractivity contribution in [2.75, 3.05) is 39.6 Å². The van der Waals surface area contributed by atoms with Gasteiger partial charge in [0.2, 0.25) is 0 Å². The van der Waals surface area contributed by atoms with Gasteiger partial charge in [-0.25, -0.2) is 9.13 Å². The van der Waals surface area contributed by atoms with Gasteiger partial charge in [0.1, 0.15) is 19.3 Å². The Morgan fingerprint density at radius 3 is 0.694 bits per heavy atom. The molecule has 19 heteroatoms. The molecule has 2 unspecified atom stereocenters. The average molecular weight is 1440 g/mol. The monoisotopic (exact) mass is 1440 g/mol. The number of ether oxygens (including phenoxy) is 4. The summed E-state index contributed by atoms with van der Waals surface area (Å²) >= 11 is 0. The van der Waals surface area contributed by atoms with Crippen molar-refractivity contribution >= 4 is 39.5 Å². The summed E-state index contributed by atoms with van der Waals surface area (Å²) in [4.78, 5) is 72.8. The first-order chi connectivity index (χ1) is 47.4. The third kappa shape index (κ3) is 72.4. The van der Waals surface area contributed by atoms with Crippen LogP contribution in [-0.2, 0) is 65.4 Å². The standard InChI is InChI=1S/C79H154O17P2/c1-7-9-11-13-15-17-18-19-20-21-22-23-24-25-28-34-39-45-51-57-63-78(83)96-75(68-90-77(82)62-56-50-44-38-33-29-26-27-31-36-41-47-53-59-71(3)4)70-94-98(87,88)92-66-73(80)65-91-97(85,86)93-69-74(67-89-76(81)61-55-49-43-16-14-12-10-8-2)95-79(84)64-58-52-46-40-35-30-32-37-42-48-54-60-72(5)6/h71-75,80H,7-70H2,1-6H3,(H,85,86)(H,87,88)/t73-,74+,75+/m0/s1. The third-order valence-electron chi connectivity index (χ3n) is 18.5. The number of carbonyl (C=O) groups is 4. The fraction of sp³-hybridized carbons (Fsp3) is 0.949. The van der Waals surface area contributed by atoms with Gasteiger partial charge in [0, 0.05) is 25.7 Å². The summed E-state index contributed by atoms with van der Waals surface area (Å²) in [6.45, 7) is 9.61. The van der Waals surface area contributed by atoms with Crippen LogP contribution in [0, 0.1) is 11.8 Å². The minimum atomic E-state index is -4.96. The fourth-order valence-corrected chi connectivity index (χ4v) is 13.8. The lowest BCUT2D eigenvalue weighted by Gasteiger charge is -2.21. The summed E-state index contributed by atoms with van der Waals surface area (Å²) < 4.78 is 68.6. The Bertz CT molecular complexity index is 1890. The maximum absolute atomic E-state index is 13.1. The summed E-state index contributed by atoms with van der Waals surface area (Å²) in [5.41, 5.74) is 0. The number of hydrogen-bond donors (Lipinski definition) is 3. The van der Waals surface area contributed by atoms with Crippen molar-refractivity contribution in [3.8, 4) is 0 Å². The Morgan fingerprint density at radius 2 is 0.469 bits per heavy atom. The van der Waals surface area contributed by atoms with Crippen LogP contribution in [0.2, 0.25) is 0 Å². The average Bonchev–Trinajstić information content (AvgIpc) is 0.991. The zero-order valence-electron chi connectivity index (χ0n) is 64.1. The van der Waals surface area contributed by atoms with Crippen molar-refractivity contribution in [2.45, 2.75) is 432 Å². The molecule has 0 saturated carbocycles. The largest absolute Gasteiger partial charge is 0.472 e. The molecule has 0 bridgehead atoms. The molecular formula is C79H154O17P2. The van der Waals surface area contributed by atoms with Crippen LogP contribution >= 0.6 is 15.6 Å². The Labute approximate surface area is 600 Å². The Morgan fingerprint density at radius 1 is 0.276 bits per heavy atom. The number of unbranched alkanes of at least 4 members (excludes halogenated alkanes) is 48. The molecule has 3 N–H and O–H groups in total.